The molecule has 5 nitrogen and oxygen atoms in total. The summed E-state index contributed by atoms with van der Waals surface area (Å²) < 4.78 is 19.9. The van der Waals surface area contributed by atoms with Crippen LogP contribution in [0.1, 0.15) is 269 Å². The minimum atomic E-state index is -1.90. The van der Waals surface area contributed by atoms with E-state index in [4.69, 9.17) is 0 Å². The van der Waals surface area contributed by atoms with Gasteiger partial charge in [-0.2, -0.15) is 0 Å². The zero-order chi connectivity index (χ0) is 92.6. The molecule has 122 heavy (non-hydrogen) atoms. The molecule has 662 valence electrons. The van der Waals surface area contributed by atoms with Crippen LogP contribution in [0.4, 0.5) is 0 Å². The summed E-state index contributed by atoms with van der Waals surface area (Å²) in [6.07, 6.45) is 15.7. The first-order chi connectivity index (χ1) is 56.0. The van der Waals surface area contributed by atoms with Gasteiger partial charge >= 0.3 is 770 Å². The second-order valence-electron chi connectivity index (χ2n) is 44.9. The summed E-state index contributed by atoms with van der Waals surface area (Å²) in [5.41, 5.74) is 35.4. The molecular weight excluding hydrogens is 1780 g/mol. The van der Waals surface area contributed by atoms with Crippen LogP contribution in [-0.4, -0.2) is 66.3 Å². The van der Waals surface area contributed by atoms with E-state index < -0.39 is 66.3 Å². The predicted molar refractivity (Wildman–Crippen MR) is 554 cm³/mol. The van der Waals surface area contributed by atoms with Crippen molar-refractivity contribution in [3.8, 4) is 56.3 Å². The zero-order valence-electron chi connectivity index (χ0n) is 86.4. The average molecular weight is 1950 g/mol. The van der Waals surface area contributed by atoms with Gasteiger partial charge in [0, 0.05) is 0 Å². The molecule has 0 saturated carbocycles. The van der Waals surface area contributed by atoms with E-state index in [0.717, 1.165) is 6.42 Å². The number of rotatable bonds is 21. The molecule has 5 heterocycles. The Morgan fingerprint density at radius 1 is 0.279 bits per heavy atom. The summed E-state index contributed by atoms with van der Waals surface area (Å²) in [5, 5.41) is 0. The van der Waals surface area contributed by atoms with Crippen LogP contribution in [0.2, 0.25) is 86.3 Å². The standard InChI is InChI=1S/C24H38GeN.2C23H36GeN.C22H34GeN.C20H30GeN/c1-10-19(11-2)20-13-12-18(5)22(14-20)24-15-21(17(3)4)23(16-26(24)9)25(6,7)8;1-16(2)19-14-22(25(10)15-21(19)24(7,8)9)20-13-18(23(4,5)6)12-11-17(20)3;1-16(2)12-19-11-10-18(5)21(13-19)23-14-20(17(3)4)22(15-25(23)9)24(6,7)8;1-15(2)18-11-10-17(5)20(12-18)22-13-19(16(3)4)21(14-24(22)9)23(6,7)8;1-14(2)17-12-20(18-11-15(3)9-10-16(18)4)22(8)13-19(17)21(5,6)7/h12-17,19H,10-11H2,1-9H3;11-16H,1-10H3;10-11,13-17H,12H2,1-9H3;10-16H,1-9H3;9-14H,1-8H3/q5*+1. The van der Waals surface area contributed by atoms with Gasteiger partial charge in [0.25, 0.3) is 0 Å². The SMILES string of the molecule is CCC(CC)c1ccc(C)c(-c2cc(C(C)C)[c]([Ge]([CH3])([CH3])[CH3])c[n+]2C)c1.Cc1ccc(C(C)(C)C)cc1-c1cc(C(C)C)[c]([Ge]([CH3])([CH3])[CH3])c[n+]1C.Cc1ccc(C(C)C)cc1-c1cc(C(C)C)[c]([Ge]([CH3])([CH3])[CH3])c[n+]1C.Cc1ccc(C)c(-c2cc(C(C)C)[c]([Ge]([CH3])([CH3])[CH3])c[n+]2C)c1.Cc1ccc(CC(C)C)cc1-c1cc(C(C)C)[c]([Ge]([CH3])([CH3])[CH3])c[n+]1C. The van der Waals surface area contributed by atoms with Crippen LogP contribution in [0.15, 0.2) is 152 Å². The summed E-state index contributed by atoms with van der Waals surface area (Å²) in [4.78, 5) is 0. The quantitative estimate of drug-likeness (QED) is 0.0505. The van der Waals surface area contributed by atoms with Gasteiger partial charge in [-0.25, -0.2) is 0 Å². The van der Waals surface area contributed by atoms with Gasteiger partial charge in [-0.1, -0.05) is 0 Å². The summed E-state index contributed by atoms with van der Waals surface area (Å²) in [6, 6.07) is 47.0. The summed E-state index contributed by atoms with van der Waals surface area (Å²) in [6.45, 7) is 57.2. The Morgan fingerprint density at radius 2 is 0.525 bits per heavy atom. The Labute approximate surface area is 762 Å². The molecule has 0 atom stereocenters. The van der Waals surface area contributed by atoms with Crippen molar-refractivity contribution in [2.24, 2.45) is 41.2 Å². The maximum atomic E-state index is 2.50. The molecule has 0 aliphatic carbocycles. The normalized spacial score (nSPS) is 12.3. The molecule has 5 aromatic carbocycles. The minimum absolute atomic E-state index is 0.169. The first-order valence-electron chi connectivity index (χ1n) is 46.8. The fraction of sp³-hybridized carbons (Fsp3) is 0.509. The van der Waals surface area contributed by atoms with Crippen molar-refractivity contribution < 1.29 is 22.8 Å². The fourth-order valence-corrected chi connectivity index (χ4v) is 36.3. The molecule has 0 unspecified atom stereocenters. The van der Waals surface area contributed by atoms with E-state index in [1.807, 2.05) is 0 Å². The van der Waals surface area contributed by atoms with Crippen molar-refractivity contribution >= 4 is 88.3 Å². The van der Waals surface area contributed by atoms with Gasteiger partial charge in [0.05, 0.1) is 0 Å². The van der Waals surface area contributed by atoms with Crippen LogP contribution >= 0.6 is 0 Å². The van der Waals surface area contributed by atoms with Gasteiger partial charge in [-0.05, 0) is 0 Å². The van der Waals surface area contributed by atoms with Gasteiger partial charge in [0.15, 0.2) is 0 Å². The Morgan fingerprint density at radius 3 is 0.787 bits per heavy atom. The number of aryl methyl sites for hydroxylation is 11. The zero-order valence-corrected chi connectivity index (χ0v) is 96.9. The summed E-state index contributed by atoms with van der Waals surface area (Å²) >= 11 is -9.46. The number of nitrogens with zero attached hydrogens (tertiary/aromatic N) is 5. The van der Waals surface area contributed by atoms with Crippen LogP contribution in [0.3, 0.4) is 0 Å². The van der Waals surface area contributed by atoms with Crippen molar-refractivity contribution in [3.63, 3.8) is 0 Å². The second-order valence-corrected chi connectivity index (χ2v) is 97.7. The molecule has 0 fully saturated rings. The molecule has 0 aliphatic heterocycles. The van der Waals surface area contributed by atoms with E-state index in [-0.39, 0.29) is 5.41 Å². The second kappa shape index (κ2) is 43.1. The fourth-order valence-electron chi connectivity index (χ4n) is 17.3. The van der Waals surface area contributed by atoms with Gasteiger partial charge in [-0.3, -0.25) is 0 Å². The van der Waals surface area contributed by atoms with Crippen LogP contribution in [0, 0.1) is 47.5 Å². The third kappa shape index (κ3) is 27.6. The molecule has 0 radical (unpaired) electrons. The predicted octanol–water partition coefficient (Wildman–Crippen LogP) is 26.6. The topological polar surface area (TPSA) is 19.4 Å². The van der Waals surface area contributed by atoms with E-state index in [1.165, 1.54) is 125 Å². The van der Waals surface area contributed by atoms with Crippen LogP contribution in [0.25, 0.3) is 56.3 Å². The van der Waals surface area contributed by atoms with E-state index in [0.29, 0.717) is 47.3 Å². The van der Waals surface area contributed by atoms with Crippen LogP contribution in [-0.2, 0) is 47.1 Å². The van der Waals surface area contributed by atoms with Crippen LogP contribution < -0.4 is 44.8 Å². The maximum absolute atomic E-state index is 2.50. The molecule has 10 rings (SSSR count). The monoisotopic (exact) mass is 1960 g/mol. The number of pyridine rings is 5. The number of hydrogen-bond donors (Lipinski definition) is 0. The van der Waals surface area contributed by atoms with Gasteiger partial charge in [-0.15, -0.1) is 0 Å². The van der Waals surface area contributed by atoms with Gasteiger partial charge in [0.2, 0.25) is 0 Å². The van der Waals surface area contributed by atoms with E-state index in [2.05, 4.69) is 470 Å². The molecular formula is C112H174Ge5N5+5. The Kier molecular flexibility index (Phi) is 37.2. The third-order valence-electron chi connectivity index (χ3n) is 25.1. The average Bonchev–Trinajstić information content (AvgIpc) is 0.699. The van der Waals surface area contributed by atoms with E-state index in [1.54, 1.807) is 49.8 Å². The Balaban J connectivity index is 0.000000236. The van der Waals surface area contributed by atoms with E-state index >= 15 is 0 Å². The van der Waals surface area contributed by atoms with E-state index in [9.17, 15) is 0 Å². The Bertz CT molecular complexity index is 5230. The molecule has 5 aromatic heterocycles. The number of hydrogen-bond acceptors (Lipinski definition) is 0. The molecule has 10 heteroatoms. The molecule has 10 aromatic rings. The van der Waals surface area contributed by atoms with Crippen molar-refractivity contribution in [2.75, 3.05) is 0 Å². The first kappa shape index (κ1) is 105. The summed E-state index contributed by atoms with van der Waals surface area (Å²) in [5.74, 6) is 42.1. The first-order valence-corrected chi connectivity index (χ1v) is 83.5. The molecule has 0 N–H and O–H groups in total. The molecule has 0 spiro atoms. The van der Waals surface area contributed by atoms with Gasteiger partial charge in [0.1, 0.15) is 0 Å². The molecule has 0 amide bonds. The molecule has 0 bridgehead atoms. The third-order valence-corrected chi connectivity index (χ3v) is 46.5. The van der Waals surface area contributed by atoms with Crippen molar-refractivity contribution in [2.45, 2.75) is 326 Å². The number of aromatic nitrogens is 5. The van der Waals surface area contributed by atoms with Crippen molar-refractivity contribution in [3.05, 3.63) is 236 Å². The number of benzene rings is 5. The molecule has 0 saturated heterocycles. The molecule has 0 aliphatic rings. The van der Waals surface area contributed by atoms with Gasteiger partial charge < -0.3 is 0 Å². The van der Waals surface area contributed by atoms with Crippen molar-refractivity contribution in [1.29, 1.82) is 0 Å². The van der Waals surface area contributed by atoms with Crippen molar-refractivity contribution in [1.82, 2.24) is 0 Å². The summed E-state index contributed by atoms with van der Waals surface area (Å²) in [7, 11) is 11.0. The van der Waals surface area contributed by atoms with Crippen LogP contribution in [0.5, 0.6) is 0 Å². The Hall–Kier alpha value is -5.44.